The molecule has 0 spiro atoms. The van der Waals surface area contributed by atoms with Gasteiger partial charge in [0.25, 0.3) is 0 Å². The van der Waals surface area contributed by atoms with Crippen molar-refractivity contribution >= 4 is 20.2 Å². The molecule has 0 aliphatic rings. The third-order valence-electron chi connectivity index (χ3n) is 0.894. The number of hydrogen-bond donors (Lipinski definition) is 0. The smallest absolute Gasteiger partial charge is 0.332 e. The van der Waals surface area contributed by atoms with Crippen LogP contribution in [-0.4, -0.2) is 21.7 Å². The molecule has 0 saturated heterocycles. The maximum Gasteiger partial charge on any atom is 0.332 e. The second kappa shape index (κ2) is 3.45. The van der Waals surface area contributed by atoms with Crippen LogP contribution >= 0.6 is 11.6 Å². The fourth-order valence-electron chi connectivity index (χ4n) is 0.190. The van der Waals surface area contributed by atoms with Gasteiger partial charge in [0.1, 0.15) is 6.07 Å². The van der Waals surface area contributed by atoms with Gasteiger partial charge in [-0.1, -0.05) is 11.6 Å². The SMILES string of the molecule is CO[Si](C)(C)OCCl. The lowest BCUT2D eigenvalue weighted by Crippen LogP contribution is -2.32. The van der Waals surface area contributed by atoms with Crippen LogP contribution in [0.25, 0.3) is 0 Å². The molecule has 4 heteroatoms. The van der Waals surface area contributed by atoms with Gasteiger partial charge in [0.05, 0.1) is 0 Å². The quantitative estimate of drug-likeness (QED) is 0.454. The first-order valence-electron chi connectivity index (χ1n) is 2.37. The van der Waals surface area contributed by atoms with Crippen LogP contribution in [0.4, 0.5) is 0 Å². The van der Waals surface area contributed by atoms with E-state index in [1.54, 1.807) is 7.11 Å². The van der Waals surface area contributed by atoms with Crippen molar-refractivity contribution in [3.05, 3.63) is 0 Å². The van der Waals surface area contributed by atoms with E-state index in [-0.39, 0.29) is 6.07 Å². The molecule has 0 rings (SSSR count). The van der Waals surface area contributed by atoms with E-state index in [0.29, 0.717) is 0 Å². The lowest BCUT2D eigenvalue weighted by molar-refractivity contribution is 0.245. The summed E-state index contributed by atoms with van der Waals surface area (Å²) in [5.74, 6) is 0. The van der Waals surface area contributed by atoms with Gasteiger partial charge in [-0.05, 0) is 13.1 Å². The van der Waals surface area contributed by atoms with Crippen molar-refractivity contribution in [2.24, 2.45) is 0 Å². The number of alkyl halides is 1. The molecule has 0 aromatic rings. The molecule has 0 amide bonds. The van der Waals surface area contributed by atoms with Crippen molar-refractivity contribution in [2.45, 2.75) is 13.1 Å². The first-order chi connectivity index (χ1) is 3.62. The predicted octanol–water partition coefficient (Wildman–Crippen LogP) is 1.55. The number of halogens is 1. The van der Waals surface area contributed by atoms with E-state index in [0.717, 1.165) is 0 Å². The Hall–Kier alpha value is 0.427. The molecule has 0 aliphatic heterocycles. The molecule has 0 unspecified atom stereocenters. The standard InChI is InChI=1S/C4H11ClO2Si/c1-6-8(2,3)7-4-5/h4H2,1-3H3. The highest BCUT2D eigenvalue weighted by molar-refractivity contribution is 6.64. The summed E-state index contributed by atoms with van der Waals surface area (Å²) >= 11 is 5.30. The Bertz CT molecular complexity index is 67.1. The zero-order valence-corrected chi connectivity index (χ0v) is 7.16. The van der Waals surface area contributed by atoms with Crippen LogP contribution in [0.15, 0.2) is 0 Å². The molecule has 0 fully saturated rings. The molecule has 0 N–H and O–H groups in total. The lowest BCUT2D eigenvalue weighted by atomic mass is 11.7. The summed E-state index contributed by atoms with van der Waals surface area (Å²) in [6.45, 7) is 3.88. The van der Waals surface area contributed by atoms with Gasteiger partial charge in [0, 0.05) is 7.11 Å². The Labute approximate surface area is 56.0 Å². The minimum atomic E-state index is -1.81. The molecule has 0 atom stereocenters. The van der Waals surface area contributed by atoms with Crippen LogP contribution in [-0.2, 0) is 8.85 Å². The zero-order valence-electron chi connectivity index (χ0n) is 5.40. The minimum absolute atomic E-state index is 0.229. The Morgan fingerprint density at radius 2 is 2.00 bits per heavy atom. The highest BCUT2D eigenvalue weighted by atomic mass is 35.5. The van der Waals surface area contributed by atoms with Gasteiger partial charge in [-0.25, -0.2) is 0 Å². The van der Waals surface area contributed by atoms with Crippen molar-refractivity contribution in [2.75, 3.05) is 13.2 Å². The van der Waals surface area contributed by atoms with Gasteiger partial charge in [0.15, 0.2) is 0 Å². The van der Waals surface area contributed by atoms with E-state index in [2.05, 4.69) is 0 Å². The average molecular weight is 155 g/mol. The topological polar surface area (TPSA) is 18.5 Å². The van der Waals surface area contributed by atoms with E-state index < -0.39 is 8.56 Å². The van der Waals surface area contributed by atoms with E-state index in [4.69, 9.17) is 20.5 Å². The summed E-state index contributed by atoms with van der Waals surface area (Å²) in [6, 6.07) is 0.229. The predicted molar refractivity (Wildman–Crippen MR) is 36.3 cm³/mol. The van der Waals surface area contributed by atoms with Gasteiger partial charge in [-0.3, -0.25) is 0 Å². The average Bonchev–Trinajstić information content (AvgIpc) is 1.67. The zero-order chi connectivity index (χ0) is 6.62. The fraction of sp³-hybridized carbons (Fsp3) is 1.00. The van der Waals surface area contributed by atoms with Crippen molar-refractivity contribution < 1.29 is 8.85 Å². The van der Waals surface area contributed by atoms with Crippen LogP contribution in [0, 0.1) is 0 Å². The molecule has 0 heterocycles. The molecule has 0 saturated carbocycles. The van der Waals surface area contributed by atoms with Crippen LogP contribution < -0.4 is 0 Å². The first-order valence-corrected chi connectivity index (χ1v) is 5.72. The van der Waals surface area contributed by atoms with Gasteiger partial charge < -0.3 is 8.85 Å². The van der Waals surface area contributed by atoms with Crippen molar-refractivity contribution in [3.8, 4) is 0 Å². The van der Waals surface area contributed by atoms with E-state index in [9.17, 15) is 0 Å². The van der Waals surface area contributed by atoms with E-state index >= 15 is 0 Å². The Morgan fingerprint density at radius 3 is 2.12 bits per heavy atom. The van der Waals surface area contributed by atoms with Crippen LogP contribution in [0.3, 0.4) is 0 Å². The van der Waals surface area contributed by atoms with Gasteiger partial charge in [-0.15, -0.1) is 0 Å². The number of rotatable bonds is 3. The monoisotopic (exact) mass is 154 g/mol. The molecule has 0 bridgehead atoms. The summed E-state index contributed by atoms with van der Waals surface area (Å²) in [5.41, 5.74) is 0. The Kier molecular flexibility index (Phi) is 3.64. The molecule has 0 aromatic carbocycles. The third kappa shape index (κ3) is 3.43. The summed E-state index contributed by atoms with van der Waals surface area (Å²) < 4.78 is 10.1. The second-order valence-electron chi connectivity index (χ2n) is 1.86. The summed E-state index contributed by atoms with van der Waals surface area (Å²) in [4.78, 5) is 0. The molecule has 0 aromatic heterocycles. The molecule has 0 aliphatic carbocycles. The fourth-order valence-corrected chi connectivity index (χ4v) is 1.36. The molecular weight excluding hydrogens is 144 g/mol. The van der Waals surface area contributed by atoms with Gasteiger partial charge in [-0.2, -0.15) is 0 Å². The summed E-state index contributed by atoms with van der Waals surface area (Å²) in [6.07, 6.45) is 0. The second-order valence-corrected chi connectivity index (χ2v) is 5.57. The molecular formula is C4H11ClO2Si. The van der Waals surface area contributed by atoms with Crippen molar-refractivity contribution in [1.82, 2.24) is 0 Å². The van der Waals surface area contributed by atoms with Crippen molar-refractivity contribution in [1.29, 1.82) is 0 Å². The third-order valence-corrected chi connectivity index (χ3v) is 3.01. The van der Waals surface area contributed by atoms with E-state index in [1.165, 1.54) is 0 Å². The molecule has 50 valence electrons. The molecule has 2 nitrogen and oxygen atoms in total. The maximum atomic E-state index is 5.30. The maximum absolute atomic E-state index is 5.30. The highest BCUT2D eigenvalue weighted by Crippen LogP contribution is 2.03. The van der Waals surface area contributed by atoms with E-state index in [1.807, 2.05) is 13.1 Å². The first kappa shape index (κ1) is 8.43. The summed E-state index contributed by atoms with van der Waals surface area (Å²) in [5, 5.41) is 0. The summed E-state index contributed by atoms with van der Waals surface area (Å²) in [7, 11) is -0.172. The normalized spacial score (nSPS) is 12.0. The van der Waals surface area contributed by atoms with Crippen LogP contribution in [0.1, 0.15) is 0 Å². The Morgan fingerprint density at radius 1 is 1.50 bits per heavy atom. The van der Waals surface area contributed by atoms with Crippen LogP contribution in [0.2, 0.25) is 13.1 Å². The van der Waals surface area contributed by atoms with Gasteiger partial charge >= 0.3 is 8.56 Å². The lowest BCUT2D eigenvalue weighted by Gasteiger charge is -2.17. The van der Waals surface area contributed by atoms with Crippen LogP contribution in [0.5, 0.6) is 0 Å². The highest BCUT2D eigenvalue weighted by Gasteiger charge is 2.21. The van der Waals surface area contributed by atoms with Crippen molar-refractivity contribution in [3.63, 3.8) is 0 Å². The largest absolute Gasteiger partial charge is 0.398 e. The molecule has 8 heavy (non-hydrogen) atoms. The van der Waals surface area contributed by atoms with Gasteiger partial charge in [0.2, 0.25) is 0 Å². The Balaban J connectivity index is 3.37. The minimum Gasteiger partial charge on any atom is -0.398 e. The molecule has 0 radical (unpaired) electrons. The number of hydrogen-bond acceptors (Lipinski definition) is 2.